The van der Waals surface area contributed by atoms with Crippen molar-refractivity contribution in [1.82, 2.24) is 0 Å². The monoisotopic (exact) mass is 342 g/mol. The van der Waals surface area contributed by atoms with E-state index in [9.17, 15) is 5.26 Å². The minimum absolute atomic E-state index is 0.596. The highest BCUT2D eigenvalue weighted by Gasteiger charge is 2.15. The van der Waals surface area contributed by atoms with Gasteiger partial charge in [-0.3, -0.25) is 0 Å². The maximum atomic E-state index is 9.36. The topological polar surface area (TPSA) is 40.2 Å². The number of halogens is 1. The predicted molar refractivity (Wildman–Crippen MR) is 87.8 cm³/mol. The standard InChI is InChI=1S/C17H15BrN2O/c18-15-5-3-4-13(10-15)14(12-19)11-16-6-7-17(21-16)20-8-1-2-9-20/h3-7,10-11H,1-2,8-9H2/b14-11-. The number of nitriles is 1. The molecule has 3 rings (SSSR count). The molecule has 0 saturated carbocycles. The van der Waals surface area contributed by atoms with Crippen molar-refractivity contribution in [2.24, 2.45) is 0 Å². The first kappa shape index (κ1) is 14.0. The predicted octanol–water partition coefficient (Wildman–Crippen LogP) is 4.71. The Morgan fingerprint density at radius 3 is 2.76 bits per heavy atom. The van der Waals surface area contributed by atoms with Crippen LogP contribution < -0.4 is 4.90 Å². The maximum absolute atomic E-state index is 9.36. The molecular formula is C17H15BrN2O. The van der Waals surface area contributed by atoms with E-state index in [1.165, 1.54) is 12.8 Å². The number of hydrogen-bond acceptors (Lipinski definition) is 3. The summed E-state index contributed by atoms with van der Waals surface area (Å²) in [6, 6.07) is 13.8. The van der Waals surface area contributed by atoms with Gasteiger partial charge >= 0.3 is 0 Å². The van der Waals surface area contributed by atoms with Crippen LogP contribution in [0.15, 0.2) is 45.3 Å². The molecule has 1 fully saturated rings. The molecule has 0 aliphatic carbocycles. The quantitative estimate of drug-likeness (QED) is 0.758. The lowest BCUT2D eigenvalue weighted by Crippen LogP contribution is -2.16. The number of nitrogens with zero attached hydrogens (tertiary/aromatic N) is 2. The van der Waals surface area contributed by atoms with Crippen molar-refractivity contribution in [1.29, 1.82) is 5.26 Å². The molecule has 2 heterocycles. The highest BCUT2D eigenvalue weighted by molar-refractivity contribution is 9.10. The molecule has 0 atom stereocenters. The molecule has 1 aromatic carbocycles. The molecular weight excluding hydrogens is 328 g/mol. The van der Waals surface area contributed by atoms with Crippen molar-refractivity contribution < 1.29 is 4.42 Å². The minimum atomic E-state index is 0.596. The summed E-state index contributed by atoms with van der Waals surface area (Å²) in [6.45, 7) is 2.10. The molecule has 0 spiro atoms. The number of hydrogen-bond donors (Lipinski definition) is 0. The van der Waals surface area contributed by atoms with E-state index in [0.29, 0.717) is 11.3 Å². The average molecular weight is 343 g/mol. The molecule has 0 unspecified atom stereocenters. The van der Waals surface area contributed by atoms with E-state index in [1.54, 1.807) is 6.08 Å². The Kier molecular flexibility index (Phi) is 4.12. The summed E-state index contributed by atoms with van der Waals surface area (Å²) in [5, 5.41) is 9.36. The Labute approximate surface area is 132 Å². The average Bonchev–Trinajstić information content (AvgIpc) is 3.15. The molecule has 1 saturated heterocycles. The summed E-state index contributed by atoms with van der Waals surface area (Å²) >= 11 is 3.43. The van der Waals surface area contributed by atoms with Crippen LogP contribution in [-0.2, 0) is 0 Å². The third kappa shape index (κ3) is 3.20. The van der Waals surface area contributed by atoms with Gasteiger partial charge in [-0.2, -0.15) is 5.26 Å². The number of allylic oxidation sites excluding steroid dienone is 1. The van der Waals surface area contributed by atoms with Crippen LogP contribution in [0.2, 0.25) is 0 Å². The summed E-state index contributed by atoms with van der Waals surface area (Å²) in [6.07, 6.45) is 4.22. The molecule has 0 N–H and O–H groups in total. The van der Waals surface area contributed by atoms with Crippen molar-refractivity contribution in [3.63, 3.8) is 0 Å². The summed E-state index contributed by atoms with van der Waals surface area (Å²) < 4.78 is 6.80. The van der Waals surface area contributed by atoms with E-state index < -0.39 is 0 Å². The van der Waals surface area contributed by atoms with Gasteiger partial charge in [-0.25, -0.2) is 0 Å². The van der Waals surface area contributed by atoms with Crippen LogP contribution in [0.4, 0.5) is 5.88 Å². The van der Waals surface area contributed by atoms with Crippen molar-refractivity contribution in [3.8, 4) is 6.07 Å². The van der Waals surface area contributed by atoms with E-state index in [1.807, 2.05) is 36.4 Å². The summed E-state index contributed by atoms with van der Waals surface area (Å²) in [7, 11) is 0. The zero-order valence-corrected chi connectivity index (χ0v) is 13.1. The maximum Gasteiger partial charge on any atom is 0.196 e. The van der Waals surface area contributed by atoms with E-state index in [4.69, 9.17) is 4.42 Å². The molecule has 0 amide bonds. The molecule has 0 bridgehead atoms. The van der Waals surface area contributed by atoms with Gasteiger partial charge < -0.3 is 9.32 Å². The largest absolute Gasteiger partial charge is 0.441 e. The van der Waals surface area contributed by atoms with Gasteiger partial charge in [0.2, 0.25) is 0 Å². The van der Waals surface area contributed by atoms with Gasteiger partial charge in [0, 0.05) is 23.6 Å². The molecule has 4 heteroatoms. The second-order valence-corrected chi connectivity index (χ2v) is 5.97. The Morgan fingerprint density at radius 1 is 1.24 bits per heavy atom. The number of anilines is 1. The van der Waals surface area contributed by atoms with Crippen LogP contribution in [0.1, 0.15) is 24.2 Å². The van der Waals surface area contributed by atoms with Crippen LogP contribution in [0.25, 0.3) is 11.6 Å². The Balaban J connectivity index is 1.87. The summed E-state index contributed by atoms with van der Waals surface area (Å²) in [4.78, 5) is 2.24. The first-order chi connectivity index (χ1) is 10.3. The number of benzene rings is 1. The zero-order valence-electron chi connectivity index (χ0n) is 11.6. The van der Waals surface area contributed by atoms with Gasteiger partial charge in [0.15, 0.2) is 5.88 Å². The van der Waals surface area contributed by atoms with E-state index in [0.717, 1.165) is 29.0 Å². The van der Waals surface area contributed by atoms with E-state index in [-0.39, 0.29) is 0 Å². The molecule has 1 aliphatic rings. The third-order valence-corrected chi connectivity index (χ3v) is 4.07. The highest BCUT2D eigenvalue weighted by atomic mass is 79.9. The highest BCUT2D eigenvalue weighted by Crippen LogP contribution is 2.26. The molecule has 2 aromatic rings. The first-order valence-electron chi connectivity index (χ1n) is 6.99. The van der Waals surface area contributed by atoms with Crippen molar-refractivity contribution in [2.75, 3.05) is 18.0 Å². The van der Waals surface area contributed by atoms with Crippen LogP contribution >= 0.6 is 15.9 Å². The van der Waals surface area contributed by atoms with E-state index in [2.05, 4.69) is 26.9 Å². The SMILES string of the molecule is N#C/C(=C/c1ccc(N2CCCC2)o1)c1cccc(Br)c1. The second-order valence-electron chi connectivity index (χ2n) is 5.05. The molecule has 21 heavy (non-hydrogen) atoms. The van der Waals surface area contributed by atoms with Crippen LogP contribution in [-0.4, -0.2) is 13.1 Å². The van der Waals surface area contributed by atoms with Gasteiger partial charge in [-0.1, -0.05) is 28.1 Å². The number of rotatable bonds is 3. The van der Waals surface area contributed by atoms with Gasteiger partial charge in [0.1, 0.15) is 5.76 Å². The van der Waals surface area contributed by atoms with Crippen LogP contribution in [0, 0.1) is 11.3 Å². The number of furan rings is 1. The van der Waals surface area contributed by atoms with Crippen molar-refractivity contribution >= 4 is 33.5 Å². The normalized spacial score (nSPS) is 15.2. The summed E-state index contributed by atoms with van der Waals surface area (Å²) in [5.41, 5.74) is 1.48. The molecule has 106 valence electrons. The van der Waals surface area contributed by atoms with E-state index >= 15 is 0 Å². The smallest absolute Gasteiger partial charge is 0.196 e. The van der Waals surface area contributed by atoms with Crippen LogP contribution in [0.5, 0.6) is 0 Å². The molecule has 1 aliphatic heterocycles. The van der Waals surface area contributed by atoms with Crippen molar-refractivity contribution in [3.05, 3.63) is 52.2 Å². The Morgan fingerprint density at radius 2 is 2.05 bits per heavy atom. The Hall–Kier alpha value is -1.99. The van der Waals surface area contributed by atoms with Gasteiger partial charge in [-0.15, -0.1) is 0 Å². The van der Waals surface area contributed by atoms with Crippen molar-refractivity contribution in [2.45, 2.75) is 12.8 Å². The zero-order chi connectivity index (χ0) is 14.7. The molecule has 1 aromatic heterocycles. The lowest BCUT2D eigenvalue weighted by atomic mass is 10.1. The van der Waals surface area contributed by atoms with Crippen LogP contribution in [0.3, 0.4) is 0 Å². The Bertz CT molecular complexity index is 706. The van der Waals surface area contributed by atoms with Gasteiger partial charge in [-0.05, 0) is 42.7 Å². The molecule has 0 radical (unpaired) electrons. The summed E-state index contributed by atoms with van der Waals surface area (Å²) in [5.74, 6) is 1.61. The lowest BCUT2D eigenvalue weighted by molar-refractivity contribution is 0.548. The molecule has 3 nitrogen and oxygen atoms in total. The van der Waals surface area contributed by atoms with Gasteiger partial charge in [0.25, 0.3) is 0 Å². The first-order valence-corrected chi connectivity index (χ1v) is 7.78. The fourth-order valence-corrected chi connectivity index (χ4v) is 2.90. The van der Waals surface area contributed by atoms with Gasteiger partial charge in [0.05, 0.1) is 11.6 Å². The third-order valence-electron chi connectivity index (χ3n) is 3.57. The fraction of sp³-hybridized carbons (Fsp3) is 0.235. The minimum Gasteiger partial charge on any atom is -0.441 e. The lowest BCUT2D eigenvalue weighted by Gasteiger charge is -2.12. The fourth-order valence-electron chi connectivity index (χ4n) is 2.51. The second kappa shape index (κ2) is 6.19.